The fourth-order valence-electron chi connectivity index (χ4n) is 2.94. The molecule has 140 valence electrons. The SMILES string of the molecule is CCOC(=O)C1CCN(CCS(=O)(=O)c2cccc(OCC)c2)CC1. The van der Waals surface area contributed by atoms with Crippen LogP contribution in [-0.4, -0.2) is 57.9 Å². The van der Waals surface area contributed by atoms with Crippen molar-refractivity contribution in [2.24, 2.45) is 5.92 Å². The van der Waals surface area contributed by atoms with Crippen LogP contribution in [0.25, 0.3) is 0 Å². The van der Waals surface area contributed by atoms with Crippen molar-refractivity contribution in [3.8, 4) is 5.75 Å². The standard InChI is InChI=1S/C18H27NO5S/c1-3-23-16-6-5-7-17(14-16)25(21,22)13-12-19-10-8-15(9-11-19)18(20)24-4-2/h5-7,14-15H,3-4,8-13H2,1-2H3. The summed E-state index contributed by atoms with van der Waals surface area (Å²) < 4.78 is 35.5. The molecule has 0 N–H and O–H groups in total. The van der Waals surface area contributed by atoms with Gasteiger partial charge in [0.2, 0.25) is 0 Å². The molecular formula is C18H27NO5S. The van der Waals surface area contributed by atoms with E-state index in [4.69, 9.17) is 9.47 Å². The molecule has 0 atom stereocenters. The van der Waals surface area contributed by atoms with Crippen LogP contribution in [0.5, 0.6) is 5.75 Å². The molecule has 25 heavy (non-hydrogen) atoms. The molecule has 1 saturated heterocycles. The first-order valence-corrected chi connectivity index (χ1v) is 10.5. The molecule has 0 aromatic heterocycles. The fraction of sp³-hybridized carbons (Fsp3) is 0.611. The zero-order chi connectivity index (χ0) is 18.3. The molecule has 6 nitrogen and oxygen atoms in total. The Labute approximate surface area is 150 Å². The number of hydrogen-bond acceptors (Lipinski definition) is 6. The lowest BCUT2D eigenvalue weighted by molar-refractivity contribution is -0.149. The molecule has 1 heterocycles. The minimum absolute atomic E-state index is 0.0596. The smallest absolute Gasteiger partial charge is 0.309 e. The van der Waals surface area contributed by atoms with Crippen molar-refractivity contribution in [3.05, 3.63) is 24.3 Å². The highest BCUT2D eigenvalue weighted by Gasteiger charge is 2.26. The maximum absolute atomic E-state index is 12.5. The van der Waals surface area contributed by atoms with Crippen LogP contribution in [0.15, 0.2) is 29.2 Å². The summed E-state index contributed by atoms with van der Waals surface area (Å²) in [4.78, 5) is 14.1. The number of carbonyl (C=O) groups is 1. The Bertz CT molecular complexity index is 666. The summed E-state index contributed by atoms with van der Waals surface area (Å²) >= 11 is 0. The Morgan fingerprint density at radius 1 is 1.20 bits per heavy atom. The number of nitrogens with zero attached hydrogens (tertiary/aromatic N) is 1. The van der Waals surface area contributed by atoms with Gasteiger partial charge in [-0.2, -0.15) is 0 Å². The van der Waals surface area contributed by atoms with Gasteiger partial charge in [-0.3, -0.25) is 4.79 Å². The van der Waals surface area contributed by atoms with Gasteiger partial charge >= 0.3 is 5.97 Å². The van der Waals surface area contributed by atoms with Gasteiger partial charge in [-0.1, -0.05) is 6.07 Å². The fourth-order valence-corrected chi connectivity index (χ4v) is 4.26. The number of hydrogen-bond donors (Lipinski definition) is 0. The molecule has 0 saturated carbocycles. The number of ether oxygens (including phenoxy) is 2. The molecule has 1 aromatic carbocycles. The summed E-state index contributed by atoms with van der Waals surface area (Å²) in [6.07, 6.45) is 1.44. The van der Waals surface area contributed by atoms with Crippen molar-refractivity contribution in [1.29, 1.82) is 0 Å². The molecule has 7 heteroatoms. The van der Waals surface area contributed by atoms with E-state index in [0.717, 1.165) is 25.9 Å². The van der Waals surface area contributed by atoms with Gasteiger partial charge in [0.25, 0.3) is 0 Å². The average Bonchev–Trinajstić information content (AvgIpc) is 2.61. The van der Waals surface area contributed by atoms with Gasteiger partial charge in [-0.25, -0.2) is 8.42 Å². The van der Waals surface area contributed by atoms with Crippen LogP contribution >= 0.6 is 0 Å². The Hall–Kier alpha value is -1.60. The molecule has 0 radical (unpaired) electrons. The minimum atomic E-state index is -3.35. The number of esters is 1. The predicted octanol–water partition coefficient (Wildman–Crippen LogP) is 2.13. The highest BCUT2D eigenvalue weighted by Crippen LogP contribution is 2.21. The van der Waals surface area contributed by atoms with Crippen LogP contribution in [0.4, 0.5) is 0 Å². The quantitative estimate of drug-likeness (QED) is 0.654. The van der Waals surface area contributed by atoms with Gasteiger partial charge in [-0.15, -0.1) is 0 Å². The first kappa shape index (κ1) is 19.7. The maximum Gasteiger partial charge on any atom is 0.309 e. The maximum atomic E-state index is 12.5. The second-order valence-electron chi connectivity index (χ2n) is 6.09. The topological polar surface area (TPSA) is 72.9 Å². The van der Waals surface area contributed by atoms with Crippen molar-refractivity contribution in [1.82, 2.24) is 4.90 Å². The van der Waals surface area contributed by atoms with Crippen LogP contribution < -0.4 is 4.74 Å². The van der Waals surface area contributed by atoms with Gasteiger partial charge < -0.3 is 14.4 Å². The molecule has 1 aromatic rings. The van der Waals surface area contributed by atoms with Crippen LogP contribution in [0.2, 0.25) is 0 Å². The molecule has 1 aliphatic rings. The number of benzene rings is 1. The Morgan fingerprint density at radius 2 is 1.92 bits per heavy atom. The van der Waals surface area contributed by atoms with Gasteiger partial charge in [0.05, 0.1) is 29.8 Å². The molecular weight excluding hydrogens is 342 g/mol. The Balaban J connectivity index is 1.87. The van der Waals surface area contributed by atoms with Crippen LogP contribution in [-0.2, 0) is 19.4 Å². The van der Waals surface area contributed by atoms with E-state index >= 15 is 0 Å². The van der Waals surface area contributed by atoms with Crippen LogP contribution in [0.1, 0.15) is 26.7 Å². The monoisotopic (exact) mass is 369 g/mol. The van der Waals surface area contributed by atoms with Crippen molar-refractivity contribution < 1.29 is 22.7 Å². The summed E-state index contributed by atoms with van der Waals surface area (Å²) in [6, 6.07) is 6.63. The summed E-state index contributed by atoms with van der Waals surface area (Å²) in [5.41, 5.74) is 0. The molecule has 1 fully saturated rings. The predicted molar refractivity (Wildman–Crippen MR) is 95.5 cm³/mol. The summed E-state index contributed by atoms with van der Waals surface area (Å²) in [6.45, 7) is 6.48. The van der Waals surface area contributed by atoms with E-state index in [1.54, 1.807) is 31.2 Å². The van der Waals surface area contributed by atoms with E-state index in [9.17, 15) is 13.2 Å². The van der Waals surface area contributed by atoms with Gasteiger partial charge in [0.15, 0.2) is 9.84 Å². The molecule has 0 bridgehead atoms. The van der Waals surface area contributed by atoms with Crippen molar-refractivity contribution in [2.75, 3.05) is 38.6 Å². The Kier molecular flexibility index (Phi) is 7.25. The van der Waals surface area contributed by atoms with E-state index in [1.807, 2.05) is 6.92 Å². The summed E-state index contributed by atoms with van der Waals surface area (Å²) in [5, 5.41) is 0. The lowest BCUT2D eigenvalue weighted by Gasteiger charge is -2.30. The van der Waals surface area contributed by atoms with Gasteiger partial charge in [-0.05, 0) is 58.0 Å². The average molecular weight is 369 g/mol. The molecule has 0 aliphatic carbocycles. The van der Waals surface area contributed by atoms with E-state index in [2.05, 4.69) is 4.90 Å². The molecule has 1 aliphatic heterocycles. The first-order valence-electron chi connectivity index (χ1n) is 8.81. The highest BCUT2D eigenvalue weighted by molar-refractivity contribution is 7.91. The van der Waals surface area contributed by atoms with Crippen molar-refractivity contribution in [2.45, 2.75) is 31.6 Å². The van der Waals surface area contributed by atoms with Crippen molar-refractivity contribution >= 4 is 15.8 Å². The molecule has 0 spiro atoms. The van der Waals surface area contributed by atoms with Gasteiger partial charge in [0, 0.05) is 6.54 Å². The zero-order valence-corrected chi connectivity index (χ0v) is 15.8. The lowest BCUT2D eigenvalue weighted by atomic mass is 9.97. The molecule has 0 amide bonds. The third kappa shape index (κ3) is 5.71. The third-order valence-electron chi connectivity index (χ3n) is 4.36. The van der Waals surface area contributed by atoms with Gasteiger partial charge in [0.1, 0.15) is 5.75 Å². The molecule has 2 rings (SSSR count). The second kappa shape index (κ2) is 9.20. The Morgan fingerprint density at radius 3 is 2.56 bits per heavy atom. The van der Waals surface area contributed by atoms with Crippen molar-refractivity contribution in [3.63, 3.8) is 0 Å². The minimum Gasteiger partial charge on any atom is -0.494 e. The second-order valence-corrected chi connectivity index (χ2v) is 8.20. The lowest BCUT2D eigenvalue weighted by Crippen LogP contribution is -2.39. The first-order chi connectivity index (χ1) is 12.0. The van der Waals surface area contributed by atoms with E-state index in [1.165, 1.54) is 0 Å². The van der Waals surface area contributed by atoms with E-state index in [-0.39, 0.29) is 17.6 Å². The largest absolute Gasteiger partial charge is 0.494 e. The summed E-state index contributed by atoms with van der Waals surface area (Å²) in [5.74, 6) is 0.434. The summed E-state index contributed by atoms with van der Waals surface area (Å²) in [7, 11) is -3.35. The number of likely N-dealkylation sites (tertiary alicyclic amines) is 1. The number of carbonyl (C=O) groups excluding carboxylic acids is 1. The number of sulfone groups is 1. The normalized spacial score (nSPS) is 16.6. The van der Waals surface area contributed by atoms with E-state index in [0.29, 0.717) is 30.4 Å². The van der Waals surface area contributed by atoms with E-state index < -0.39 is 9.84 Å². The van der Waals surface area contributed by atoms with Crippen LogP contribution in [0, 0.1) is 5.92 Å². The highest BCUT2D eigenvalue weighted by atomic mass is 32.2. The number of piperidine rings is 1. The molecule has 0 unspecified atom stereocenters. The van der Waals surface area contributed by atoms with Crippen LogP contribution in [0.3, 0.4) is 0 Å². The zero-order valence-electron chi connectivity index (χ0n) is 14.9. The number of rotatable bonds is 8. The third-order valence-corrected chi connectivity index (χ3v) is 6.05.